The van der Waals surface area contributed by atoms with Crippen molar-refractivity contribution >= 4 is 38.0 Å². The molecule has 0 atom stereocenters. The fourth-order valence-electron chi connectivity index (χ4n) is 1.38. The largest absolute Gasteiger partial charge is 0.494 e. The molecule has 4 nitrogen and oxygen atoms in total. The van der Waals surface area contributed by atoms with Crippen LogP contribution in [-0.2, 0) is 11.3 Å². The van der Waals surface area contributed by atoms with Gasteiger partial charge in [0.15, 0.2) is 0 Å². The summed E-state index contributed by atoms with van der Waals surface area (Å²) in [6.45, 7) is 5.83. The fourth-order valence-corrected chi connectivity index (χ4v) is 2.78. The van der Waals surface area contributed by atoms with E-state index in [1.807, 2.05) is 32.9 Å². The van der Waals surface area contributed by atoms with Crippen molar-refractivity contribution in [3.05, 3.63) is 26.6 Å². The minimum atomic E-state index is -0.501. The summed E-state index contributed by atoms with van der Waals surface area (Å²) in [5, 5.41) is 2.71. The second-order valence-corrected chi connectivity index (χ2v) is 6.56. The molecule has 1 N–H and O–H groups in total. The summed E-state index contributed by atoms with van der Waals surface area (Å²) >= 11 is 6.85. The number of ether oxygens (including phenoxy) is 2. The Balaban J connectivity index is 2.71. The summed E-state index contributed by atoms with van der Waals surface area (Å²) in [5.74, 6) is 0.698. The Kier molecular flexibility index (Phi) is 5.67. The van der Waals surface area contributed by atoms with Crippen molar-refractivity contribution in [2.24, 2.45) is 0 Å². The van der Waals surface area contributed by atoms with Gasteiger partial charge >= 0.3 is 6.09 Å². The van der Waals surface area contributed by atoms with E-state index >= 15 is 0 Å². The Morgan fingerprint density at radius 1 is 1.32 bits per heavy atom. The lowest BCUT2D eigenvalue weighted by molar-refractivity contribution is 0.0523. The molecule has 0 aliphatic carbocycles. The van der Waals surface area contributed by atoms with Crippen LogP contribution in [0.1, 0.15) is 26.3 Å². The predicted octanol–water partition coefficient (Wildman–Crippen LogP) is 4.24. The first-order valence-electron chi connectivity index (χ1n) is 5.72. The van der Waals surface area contributed by atoms with E-state index in [1.54, 1.807) is 7.11 Å². The van der Waals surface area contributed by atoms with Gasteiger partial charge in [-0.25, -0.2) is 4.79 Å². The van der Waals surface area contributed by atoms with Crippen molar-refractivity contribution in [2.75, 3.05) is 7.11 Å². The number of carbonyl (C=O) groups is 1. The highest BCUT2D eigenvalue weighted by Gasteiger charge is 2.17. The van der Waals surface area contributed by atoms with Gasteiger partial charge in [-0.3, -0.25) is 0 Å². The van der Waals surface area contributed by atoms with E-state index in [0.717, 1.165) is 14.5 Å². The van der Waals surface area contributed by atoms with Crippen LogP contribution >= 0.6 is 31.9 Å². The molecule has 0 fully saturated rings. The van der Waals surface area contributed by atoms with Crippen LogP contribution in [0.15, 0.2) is 21.1 Å². The van der Waals surface area contributed by atoms with Crippen molar-refractivity contribution in [1.82, 2.24) is 5.32 Å². The average Bonchev–Trinajstić information content (AvgIpc) is 2.26. The summed E-state index contributed by atoms with van der Waals surface area (Å²) in [6, 6.07) is 3.77. The Morgan fingerprint density at radius 3 is 2.47 bits per heavy atom. The Hall–Kier alpha value is -0.750. The Bertz CT molecular complexity index is 470. The van der Waals surface area contributed by atoms with Gasteiger partial charge in [0.05, 0.1) is 16.1 Å². The van der Waals surface area contributed by atoms with Crippen LogP contribution in [0.5, 0.6) is 5.75 Å². The highest BCUT2D eigenvalue weighted by atomic mass is 79.9. The number of hydrogen-bond donors (Lipinski definition) is 1. The summed E-state index contributed by atoms with van der Waals surface area (Å²) < 4.78 is 12.1. The minimum absolute atomic E-state index is 0.360. The normalized spacial score (nSPS) is 11.1. The third kappa shape index (κ3) is 5.03. The Labute approximate surface area is 130 Å². The molecule has 19 heavy (non-hydrogen) atoms. The molecule has 0 heterocycles. The first kappa shape index (κ1) is 16.3. The lowest BCUT2D eigenvalue weighted by Gasteiger charge is -2.20. The van der Waals surface area contributed by atoms with Gasteiger partial charge in [-0.15, -0.1) is 0 Å². The van der Waals surface area contributed by atoms with Crippen molar-refractivity contribution in [3.63, 3.8) is 0 Å². The van der Waals surface area contributed by atoms with E-state index in [2.05, 4.69) is 37.2 Å². The smallest absolute Gasteiger partial charge is 0.407 e. The zero-order valence-corrected chi connectivity index (χ0v) is 14.5. The molecule has 0 aliphatic rings. The van der Waals surface area contributed by atoms with E-state index < -0.39 is 11.7 Å². The van der Waals surface area contributed by atoms with E-state index in [4.69, 9.17) is 9.47 Å². The van der Waals surface area contributed by atoms with Crippen LogP contribution in [-0.4, -0.2) is 18.8 Å². The van der Waals surface area contributed by atoms with Gasteiger partial charge in [0.25, 0.3) is 0 Å². The number of amides is 1. The SMILES string of the molecule is COc1c(Br)ccc(CNC(=O)OC(C)(C)C)c1Br. The number of carbonyl (C=O) groups excluding carboxylic acids is 1. The number of rotatable bonds is 3. The highest BCUT2D eigenvalue weighted by Crippen LogP contribution is 2.35. The molecule has 0 spiro atoms. The first-order chi connectivity index (χ1) is 8.74. The molecule has 106 valence electrons. The van der Waals surface area contributed by atoms with E-state index in [-0.39, 0.29) is 0 Å². The molecule has 1 rings (SSSR count). The van der Waals surface area contributed by atoms with Gasteiger partial charge in [0, 0.05) is 6.54 Å². The topological polar surface area (TPSA) is 47.6 Å². The number of benzene rings is 1. The molecule has 1 aromatic carbocycles. The zero-order chi connectivity index (χ0) is 14.6. The highest BCUT2D eigenvalue weighted by molar-refractivity contribution is 9.11. The minimum Gasteiger partial charge on any atom is -0.494 e. The first-order valence-corrected chi connectivity index (χ1v) is 7.31. The zero-order valence-electron chi connectivity index (χ0n) is 11.3. The van der Waals surface area contributed by atoms with Gasteiger partial charge in [-0.1, -0.05) is 6.07 Å². The van der Waals surface area contributed by atoms with Crippen LogP contribution in [0.4, 0.5) is 4.79 Å². The van der Waals surface area contributed by atoms with E-state index in [9.17, 15) is 4.79 Å². The van der Waals surface area contributed by atoms with Crippen LogP contribution in [0.3, 0.4) is 0 Å². The Morgan fingerprint density at radius 2 is 1.95 bits per heavy atom. The summed E-state index contributed by atoms with van der Waals surface area (Å²) in [4.78, 5) is 11.6. The second kappa shape index (κ2) is 6.61. The predicted molar refractivity (Wildman–Crippen MR) is 81.5 cm³/mol. The van der Waals surface area contributed by atoms with Crippen molar-refractivity contribution in [3.8, 4) is 5.75 Å². The molecule has 0 aliphatic heterocycles. The third-order valence-corrected chi connectivity index (χ3v) is 3.65. The number of nitrogens with one attached hydrogen (secondary N) is 1. The van der Waals surface area contributed by atoms with Crippen molar-refractivity contribution in [2.45, 2.75) is 32.9 Å². The summed E-state index contributed by atoms with van der Waals surface area (Å²) in [6.07, 6.45) is -0.443. The molecule has 0 saturated carbocycles. The molecular weight excluding hydrogens is 378 g/mol. The fraction of sp³-hybridized carbons (Fsp3) is 0.462. The third-order valence-electron chi connectivity index (χ3n) is 2.16. The molecular formula is C13H17Br2NO3. The lowest BCUT2D eigenvalue weighted by atomic mass is 10.2. The molecule has 1 amide bonds. The van der Waals surface area contributed by atoms with Crippen LogP contribution in [0.25, 0.3) is 0 Å². The van der Waals surface area contributed by atoms with Gasteiger partial charge in [0.2, 0.25) is 0 Å². The quantitative estimate of drug-likeness (QED) is 0.833. The molecule has 0 unspecified atom stereocenters. The number of alkyl carbamates (subject to hydrolysis) is 1. The molecule has 0 saturated heterocycles. The maximum atomic E-state index is 11.6. The lowest BCUT2D eigenvalue weighted by Crippen LogP contribution is -2.32. The number of halogens is 2. The van der Waals surface area contributed by atoms with Gasteiger partial charge in [-0.2, -0.15) is 0 Å². The van der Waals surface area contributed by atoms with Gasteiger partial charge in [-0.05, 0) is 64.3 Å². The van der Waals surface area contributed by atoms with Gasteiger partial charge < -0.3 is 14.8 Å². The molecule has 0 aromatic heterocycles. The second-order valence-electron chi connectivity index (χ2n) is 4.91. The van der Waals surface area contributed by atoms with Gasteiger partial charge in [0.1, 0.15) is 11.4 Å². The van der Waals surface area contributed by atoms with Crippen molar-refractivity contribution < 1.29 is 14.3 Å². The average molecular weight is 395 g/mol. The molecule has 6 heteroatoms. The maximum absolute atomic E-state index is 11.6. The summed E-state index contributed by atoms with van der Waals surface area (Å²) in [7, 11) is 1.59. The number of methoxy groups -OCH3 is 1. The number of hydrogen-bond acceptors (Lipinski definition) is 3. The van der Waals surface area contributed by atoms with E-state index in [1.165, 1.54) is 0 Å². The summed E-state index contributed by atoms with van der Waals surface area (Å²) in [5.41, 5.74) is 0.407. The van der Waals surface area contributed by atoms with Crippen LogP contribution in [0, 0.1) is 0 Å². The standard InChI is InChI=1S/C13H17Br2NO3/c1-13(2,3)19-12(17)16-7-8-5-6-9(14)11(18-4)10(8)15/h5-6H,7H2,1-4H3,(H,16,17). The van der Waals surface area contributed by atoms with Crippen LogP contribution in [0.2, 0.25) is 0 Å². The molecule has 0 radical (unpaired) electrons. The molecule has 1 aromatic rings. The van der Waals surface area contributed by atoms with Crippen LogP contribution < -0.4 is 10.1 Å². The monoisotopic (exact) mass is 393 g/mol. The molecule has 0 bridgehead atoms. The maximum Gasteiger partial charge on any atom is 0.407 e. The van der Waals surface area contributed by atoms with Crippen molar-refractivity contribution in [1.29, 1.82) is 0 Å². The van der Waals surface area contributed by atoms with E-state index in [0.29, 0.717) is 12.3 Å².